The maximum atomic E-state index is 11.9. The van der Waals surface area contributed by atoms with Crippen LogP contribution in [-0.4, -0.2) is 26.4 Å². The third kappa shape index (κ3) is 4.12. The Hall–Kier alpha value is -1.73. The molecule has 21 heavy (non-hydrogen) atoms. The molecule has 1 aromatic heterocycles. The van der Waals surface area contributed by atoms with E-state index in [1.165, 1.54) is 16.3 Å². The van der Waals surface area contributed by atoms with E-state index in [1.807, 2.05) is 19.1 Å². The average molecular weight is 327 g/mol. The van der Waals surface area contributed by atoms with Crippen LogP contribution in [-0.2, 0) is 11.8 Å². The first-order valence-corrected chi connectivity index (χ1v) is 7.62. The van der Waals surface area contributed by atoms with Crippen molar-refractivity contribution in [1.29, 1.82) is 0 Å². The van der Waals surface area contributed by atoms with Crippen LogP contribution < -0.4 is 11.0 Å². The molecule has 1 amide bonds. The van der Waals surface area contributed by atoms with Gasteiger partial charge in [0.05, 0.1) is 11.8 Å². The van der Waals surface area contributed by atoms with Crippen molar-refractivity contribution in [3.8, 4) is 0 Å². The Bertz CT molecular complexity index is 680. The number of amides is 1. The smallest absolute Gasteiger partial charge is 0.343 e. The summed E-state index contributed by atoms with van der Waals surface area (Å²) in [5.74, 6) is 0.0636. The van der Waals surface area contributed by atoms with Gasteiger partial charge < -0.3 is 5.32 Å². The molecule has 1 aromatic carbocycles. The summed E-state index contributed by atoms with van der Waals surface area (Å²) in [7, 11) is 1.60. The van der Waals surface area contributed by atoms with Gasteiger partial charge in [0.15, 0.2) is 5.16 Å². The van der Waals surface area contributed by atoms with Crippen LogP contribution in [0.4, 0.5) is 0 Å². The number of carbonyl (C=O) groups excluding carboxylic acids is 1. The number of hydrogen-bond acceptors (Lipinski definition) is 4. The van der Waals surface area contributed by atoms with Crippen molar-refractivity contribution in [2.24, 2.45) is 7.05 Å². The van der Waals surface area contributed by atoms with Crippen LogP contribution in [0, 0.1) is 0 Å². The minimum absolute atomic E-state index is 0.113. The van der Waals surface area contributed by atoms with E-state index in [0.717, 1.165) is 5.56 Å². The molecule has 1 heterocycles. The summed E-state index contributed by atoms with van der Waals surface area (Å²) in [5.41, 5.74) is 0.678. The molecule has 0 fully saturated rings. The Morgan fingerprint density at radius 1 is 1.48 bits per heavy atom. The van der Waals surface area contributed by atoms with E-state index in [0.29, 0.717) is 10.2 Å². The number of benzene rings is 1. The van der Waals surface area contributed by atoms with Gasteiger partial charge in [0, 0.05) is 12.1 Å². The van der Waals surface area contributed by atoms with Crippen molar-refractivity contribution in [2.45, 2.75) is 18.1 Å². The molecular formula is C13H15ClN4O2S. The van der Waals surface area contributed by atoms with Gasteiger partial charge in [-0.1, -0.05) is 35.5 Å². The standard InChI is InChI=1S/C13H15ClN4O2S/c1-8(9-3-5-10(14)6-4-9)15-11(19)7-21-13-17-16-12(20)18(13)2/h3-6,8H,7H2,1-2H3,(H,15,19)(H,16,20). The molecule has 2 rings (SSSR count). The number of aromatic nitrogens is 3. The third-order valence-electron chi connectivity index (χ3n) is 2.92. The van der Waals surface area contributed by atoms with Gasteiger partial charge in [0.1, 0.15) is 0 Å². The molecule has 1 atom stereocenters. The van der Waals surface area contributed by atoms with Crippen LogP contribution in [0.25, 0.3) is 0 Å². The number of thioether (sulfide) groups is 1. The van der Waals surface area contributed by atoms with E-state index in [9.17, 15) is 9.59 Å². The number of carbonyl (C=O) groups is 1. The lowest BCUT2D eigenvalue weighted by Gasteiger charge is -2.14. The zero-order valence-corrected chi connectivity index (χ0v) is 13.2. The number of nitrogens with one attached hydrogen (secondary N) is 2. The summed E-state index contributed by atoms with van der Waals surface area (Å²) in [6.07, 6.45) is 0. The number of H-pyrrole nitrogens is 1. The predicted molar refractivity (Wildman–Crippen MR) is 82.6 cm³/mol. The van der Waals surface area contributed by atoms with Crippen LogP contribution in [0.3, 0.4) is 0 Å². The van der Waals surface area contributed by atoms with Gasteiger partial charge in [-0.3, -0.25) is 9.36 Å². The molecule has 112 valence electrons. The molecule has 0 aliphatic heterocycles. The molecule has 2 aromatic rings. The molecule has 0 radical (unpaired) electrons. The Morgan fingerprint density at radius 3 is 2.71 bits per heavy atom. The molecule has 6 nitrogen and oxygen atoms in total. The molecule has 2 N–H and O–H groups in total. The number of hydrogen-bond donors (Lipinski definition) is 2. The van der Waals surface area contributed by atoms with Crippen molar-refractivity contribution in [2.75, 3.05) is 5.75 Å². The number of nitrogens with zero attached hydrogens (tertiary/aromatic N) is 2. The molecule has 0 spiro atoms. The molecule has 0 aliphatic carbocycles. The summed E-state index contributed by atoms with van der Waals surface area (Å²) >= 11 is 7.03. The van der Waals surface area contributed by atoms with E-state index in [-0.39, 0.29) is 23.4 Å². The Balaban J connectivity index is 1.88. The monoisotopic (exact) mass is 326 g/mol. The second-order valence-corrected chi connectivity index (χ2v) is 5.88. The molecule has 0 saturated heterocycles. The lowest BCUT2D eigenvalue weighted by atomic mass is 10.1. The molecule has 0 aliphatic rings. The third-order valence-corrected chi connectivity index (χ3v) is 4.20. The molecule has 0 bridgehead atoms. The minimum atomic E-state index is -0.299. The summed E-state index contributed by atoms with van der Waals surface area (Å²) in [5, 5.41) is 10.2. The van der Waals surface area contributed by atoms with Crippen molar-refractivity contribution in [3.05, 3.63) is 45.3 Å². The fraction of sp³-hybridized carbons (Fsp3) is 0.308. The van der Waals surface area contributed by atoms with Gasteiger partial charge in [-0.05, 0) is 24.6 Å². The van der Waals surface area contributed by atoms with Crippen LogP contribution in [0.2, 0.25) is 5.02 Å². The molecule has 8 heteroatoms. The normalized spacial score (nSPS) is 12.1. The van der Waals surface area contributed by atoms with Crippen LogP contribution in [0.1, 0.15) is 18.5 Å². The van der Waals surface area contributed by atoms with E-state index in [2.05, 4.69) is 15.5 Å². The first-order valence-electron chi connectivity index (χ1n) is 6.26. The van der Waals surface area contributed by atoms with E-state index in [1.54, 1.807) is 19.2 Å². The lowest BCUT2D eigenvalue weighted by Crippen LogP contribution is -2.28. The minimum Gasteiger partial charge on any atom is -0.349 e. The van der Waals surface area contributed by atoms with Gasteiger partial charge in [-0.25, -0.2) is 9.89 Å². The maximum Gasteiger partial charge on any atom is 0.343 e. The summed E-state index contributed by atoms with van der Waals surface area (Å²) in [6, 6.07) is 7.20. The van der Waals surface area contributed by atoms with Gasteiger partial charge in [-0.15, -0.1) is 5.10 Å². The lowest BCUT2D eigenvalue weighted by molar-refractivity contribution is -0.119. The van der Waals surface area contributed by atoms with E-state index < -0.39 is 0 Å². The summed E-state index contributed by atoms with van der Waals surface area (Å²) in [4.78, 5) is 23.1. The van der Waals surface area contributed by atoms with E-state index >= 15 is 0 Å². The van der Waals surface area contributed by atoms with Crippen LogP contribution >= 0.6 is 23.4 Å². The zero-order valence-electron chi connectivity index (χ0n) is 11.6. The zero-order chi connectivity index (χ0) is 15.4. The Kier molecular flexibility index (Phi) is 5.08. The first-order chi connectivity index (χ1) is 9.97. The van der Waals surface area contributed by atoms with Crippen molar-refractivity contribution < 1.29 is 4.79 Å². The Labute approximate surface area is 130 Å². The highest BCUT2D eigenvalue weighted by atomic mass is 35.5. The average Bonchev–Trinajstić information content (AvgIpc) is 2.77. The largest absolute Gasteiger partial charge is 0.349 e. The first kappa shape index (κ1) is 15.7. The van der Waals surface area contributed by atoms with Crippen LogP contribution in [0.15, 0.2) is 34.2 Å². The predicted octanol–water partition coefficient (Wildman–Crippen LogP) is 1.73. The second kappa shape index (κ2) is 6.82. The van der Waals surface area contributed by atoms with Gasteiger partial charge in [-0.2, -0.15) is 0 Å². The van der Waals surface area contributed by atoms with Gasteiger partial charge >= 0.3 is 5.69 Å². The highest BCUT2D eigenvalue weighted by Gasteiger charge is 2.12. The second-order valence-electron chi connectivity index (χ2n) is 4.50. The highest BCUT2D eigenvalue weighted by Crippen LogP contribution is 2.17. The van der Waals surface area contributed by atoms with Crippen molar-refractivity contribution in [1.82, 2.24) is 20.1 Å². The van der Waals surface area contributed by atoms with Crippen molar-refractivity contribution >= 4 is 29.3 Å². The fourth-order valence-electron chi connectivity index (χ4n) is 1.71. The maximum absolute atomic E-state index is 11.9. The van der Waals surface area contributed by atoms with E-state index in [4.69, 9.17) is 11.6 Å². The van der Waals surface area contributed by atoms with Gasteiger partial charge in [0.25, 0.3) is 0 Å². The summed E-state index contributed by atoms with van der Waals surface area (Å²) in [6.45, 7) is 1.90. The highest BCUT2D eigenvalue weighted by molar-refractivity contribution is 7.99. The van der Waals surface area contributed by atoms with Crippen LogP contribution in [0.5, 0.6) is 0 Å². The molecule has 0 saturated carbocycles. The SMILES string of the molecule is CC(NC(=O)CSc1n[nH]c(=O)n1C)c1ccc(Cl)cc1. The number of aromatic amines is 1. The Morgan fingerprint density at radius 2 is 2.14 bits per heavy atom. The molecule has 1 unspecified atom stereocenters. The summed E-state index contributed by atoms with van der Waals surface area (Å²) < 4.78 is 1.36. The number of halogens is 1. The van der Waals surface area contributed by atoms with Crippen molar-refractivity contribution in [3.63, 3.8) is 0 Å². The van der Waals surface area contributed by atoms with Gasteiger partial charge in [0.2, 0.25) is 5.91 Å². The topological polar surface area (TPSA) is 79.8 Å². The fourth-order valence-corrected chi connectivity index (χ4v) is 2.57. The quantitative estimate of drug-likeness (QED) is 0.820. The number of rotatable bonds is 5. The molecular weight excluding hydrogens is 312 g/mol.